The molecule has 1 heteroatoms. The van der Waals surface area contributed by atoms with E-state index in [1.54, 1.807) is 0 Å². The van der Waals surface area contributed by atoms with Gasteiger partial charge < -0.3 is 0 Å². The molecule has 0 saturated heterocycles. The van der Waals surface area contributed by atoms with Crippen LogP contribution in [0.2, 0.25) is 0 Å². The minimum atomic E-state index is 0.467. The molecular weight excluding hydrogens is 235 g/mol. The van der Waals surface area contributed by atoms with Crippen molar-refractivity contribution in [2.24, 2.45) is 17.8 Å². The second kappa shape index (κ2) is 9.35. The molecule has 0 radical (unpaired) electrons. The van der Waals surface area contributed by atoms with Gasteiger partial charge in [0.1, 0.15) is 0 Å². The fraction of sp³-hybridized carbons (Fsp3) is 1.00. The van der Waals surface area contributed by atoms with Gasteiger partial charge in [0, 0.05) is 0 Å². The molecule has 0 spiro atoms. The fourth-order valence-electron chi connectivity index (χ4n) is 3.17. The van der Waals surface area contributed by atoms with Crippen LogP contribution >= 0.6 is 9.24 Å². The highest BCUT2D eigenvalue weighted by Gasteiger charge is 2.32. The maximum atomic E-state index is 3.24. The number of hydrogen-bond acceptors (Lipinski definition) is 0. The zero-order chi connectivity index (χ0) is 14.2. The summed E-state index contributed by atoms with van der Waals surface area (Å²) in [6, 6.07) is 0. The van der Waals surface area contributed by atoms with Crippen molar-refractivity contribution >= 4 is 9.24 Å². The minimum Gasteiger partial charge on any atom is -0.131 e. The molecule has 0 fully saturated rings. The molecule has 0 N–H and O–H groups in total. The Hall–Kier alpha value is 0.430. The van der Waals surface area contributed by atoms with Gasteiger partial charge in [0.2, 0.25) is 0 Å². The molecule has 0 bridgehead atoms. The second-order valence-electron chi connectivity index (χ2n) is 7.18. The average Bonchev–Trinajstić information content (AvgIpc) is 2.21. The SMILES string of the molecule is CCCCCCC(C)C(P)(CC(C)C)CC(C)C. The highest BCUT2D eigenvalue weighted by Crippen LogP contribution is 2.42. The summed E-state index contributed by atoms with van der Waals surface area (Å²) in [6.07, 6.45) is 9.70. The summed E-state index contributed by atoms with van der Waals surface area (Å²) < 4.78 is 0. The summed E-state index contributed by atoms with van der Waals surface area (Å²) in [4.78, 5) is 0. The highest BCUT2D eigenvalue weighted by molar-refractivity contribution is 7.19. The summed E-state index contributed by atoms with van der Waals surface area (Å²) in [5.74, 6) is 2.45. The smallest absolute Gasteiger partial charge is 0.0120 e. The van der Waals surface area contributed by atoms with Crippen molar-refractivity contribution in [3.63, 3.8) is 0 Å². The van der Waals surface area contributed by atoms with Gasteiger partial charge in [0.05, 0.1) is 0 Å². The van der Waals surface area contributed by atoms with Crippen LogP contribution < -0.4 is 0 Å². The normalized spacial score (nSPS) is 14.5. The Labute approximate surface area is 119 Å². The molecule has 2 unspecified atom stereocenters. The van der Waals surface area contributed by atoms with Crippen LogP contribution in [0.1, 0.15) is 86.5 Å². The van der Waals surface area contributed by atoms with E-state index in [9.17, 15) is 0 Å². The van der Waals surface area contributed by atoms with Crippen LogP contribution in [-0.4, -0.2) is 5.16 Å². The molecule has 0 amide bonds. The van der Waals surface area contributed by atoms with E-state index >= 15 is 0 Å². The van der Waals surface area contributed by atoms with Crippen LogP contribution in [0.25, 0.3) is 0 Å². The van der Waals surface area contributed by atoms with E-state index in [1.165, 1.54) is 44.9 Å². The number of unbranched alkanes of at least 4 members (excludes halogenated alkanes) is 3. The Bertz CT molecular complexity index is 186. The Morgan fingerprint density at radius 1 is 0.833 bits per heavy atom. The van der Waals surface area contributed by atoms with E-state index in [0.717, 1.165) is 17.8 Å². The lowest BCUT2D eigenvalue weighted by Gasteiger charge is -2.39. The maximum Gasteiger partial charge on any atom is -0.0120 e. The summed E-state index contributed by atoms with van der Waals surface area (Å²) in [6.45, 7) is 14.2. The molecule has 0 rings (SSSR count). The topological polar surface area (TPSA) is 0 Å². The van der Waals surface area contributed by atoms with E-state index < -0.39 is 0 Å². The predicted octanol–water partition coefficient (Wildman–Crippen LogP) is 6.30. The van der Waals surface area contributed by atoms with Gasteiger partial charge >= 0.3 is 0 Å². The summed E-state index contributed by atoms with van der Waals surface area (Å²) in [5.41, 5.74) is 0. The van der Waals surface area contributed by atoms with Crippen LogP contribution in [0.4, 0.5) is 0 Å². The number of hydrogen-bond donors (Lipinski definition) is 0. The first kappa shape index (κ1) is 18.4. The molecule has 18 heavy (non-hydrogen) atoms. The fourth-order valence-corrected chi connectivity index (χ4v) is 4.28. The van der Waals surface area contributed by atoms with Crippen LogP contribution in [0.3, 0.4) is 0 Å². The maximum absolute atomic E-state index is 3.24. The Balaban J connectivity index is 4.34. The average molecular weight is 272 g/mol. The molecule has 0 saturated carbocycles. The van der Waals surface area contributed by atoms with Gasteiger partial charge in [0.25, 0.3) is 0 Å². The lowest BCUT2D eigenvalue weighted by Crippen LogP contribution is -2.33. The first-order valence-electron chi connectivity index (χ1n) is 8.10. The van der Waals surface area contributed by atoms with Crippen molar-refractivity contribution in [3.8, 4) is 0 Å². The van der Waals surface area contributed by atoms with Crippen molar-refractivity contribution in [2.75, 3.05) is 0 Å². The molecule has 0 aliphatic rings. The van der Waals surface area contributed by atoms with Crippen LogP contribution in [-0.2, 0) is 0 Å². The van der Waals surface area contributed by atoms with E-state index in [0.29, 0.717) is 5.16 Å². The summed E-state index contributed by atoms with van der Waals surface area (Å²) >= 11 is 0. The molecule has 0 heterocycles. The van der Waals surface area contributed by atoms with Gasteiger partial charge in [-0.25, -0.2) is 0 Å². The van der Waals surface area contributed by atoms with Gasteiger partial charge in [-0.1, -0.05) is 67.2 Å². The number of rotatable bonds is 10. The molecule has 0 aromatic rings. The Kier molecular flexibility index (Phi) is 9.58. The summed E-state index contributed by atoms with van der Waals surface area (Å²) in [7, 11) is 3.24. The zero-order valence-electron chi connectivity index (χ0n) is 13.8. The van der Waals surface area contributed by atoms with E-state index in [2.05, 4.69) is 50.8 Å². The Morgan fingerprint density at radius 3 is 1.72 bits per heavy atom. The largest absolute Gasteiger partial charge is 0.131 e. The molecule has 110 valence electrons. The van der Waals surface area contributed by atoms with Crippen molar-refractivity contribution < 1.29 is 0 Å². The Morgan fingerprint density at radius 2 is 1.33 bits per heavy atom. The van der Waals surface area contributed by atoms with E-state index in [-0.39, 0.29) is 0 Å². The van der Waals surface area contributed by atoms with E-state index in [4.69, 9.17) is 0 Å². The van der Waals surface area contributed by atoms with Gasteiger partial charge in [-0.15, -0.1) is 9.24 Å². The second-order valence-corrected chi connectivity index (χ2v) is 8.33. The van der Waals surface area contributed by atoms with E-state index in [1.807, 2.05) is 0 Å². The van der Waals surface area contributed by atoms with Crippen LogP contribution in [0, 0.1) is 17.8 Å². The quantitative estimate of drug-likeness (QED) is 0.323. The zero-order valence-corrected chi connectivity index (χ0v) is 14.9. The third-order valence-electron chi connectivity index (χ3n) is 4.05. The highest BCUT2D eigenvalue weighted by atomic mass is 31.0. The van der Waals surface area contributed by atoms with Crippen LogP contribution in [0.5, 0.6) is 0 Å². The molecule has 0 aliphatic carbocycles. The minimum absolute atomic E-state index is 0.467. The molecule has 0 aromatic heterocycles. The van der Waals surface area contributed by atoms with Gasteiger partial charge in [0.15, 0.2) is 0 Å². The standard InChI is InChI=1S/C17H37P/c1-7-8-9-10-11-16(6)17(18,12-14(2)3)13-15(4)5/h14-16H,7-13,18H2,1-6H3. The third-order valence-corrected chi connectivity index (χ3v) is 5.09. The van der Waals surface area contributed by atoms with Gasteiger partial charge in [-0.3, -0.25) is 0 Å². The lowest BCUT2D eigenvalue weighted by molar-refractivity contribution is 0.274. The first-order chi connectivity index (χ1) is 8.31. The predicted molar refractivity (Wildman–Crippen MR) is 89.3 cm³/mol. The van der Waals surface area contributed by atoms with Crippen molar-refractivity contribution in [1.29, 1.82) is 0 Å². The molecule has 0 nitrogen and oxygen atoms in total. The first-order valence-corrected chi connectivity index (χ1v) is 8.68. The molecule has 2 atom stereocenters. The third kappa shape index (κ3) is 7.78. The van der Waals surface area contributed by atoms with Crippen LogP contribution in [0.15, 0.2) is 0 Å². The molecule has 0 aromatic carbocycles. The van der Waals surface area contributed by atoms with Crippen molar-refractivity contribution in [1.82, 2.24) is 0 Å². The van der Waals surface area contributed by atoms with Gasteiger partial charge in [-0.2, -0.15) is 0 Å². The van der Waals surface area contributed by atoms with Gasteiger partial charge in [-0.05, 0) is 42.2 Å². The lowest BCUT2D eigenvalue weighted by atomic mass is 9.77. The summed E-state index contributed by atoms with van der Waals surface area (Å²) in [5, 5.41) is 0.467. The molecule has 0 aliphatic heterocycles. The molecular formula is C17H37P. The monoisotopic (exact) mass is 272 g/mol. The van der Waals surface area contributed by atoms with Crippen molar-refractivity contribution in [2.45, 2.75) is 91.6 Å². The van der Waals surface area contributed by atoms with Crippen molar-refractivity contribution in [3.05, 3.63) is 0 Å².